The van der Waals surface area contributed by atoms with Gasteiger partial charge in [-0.1, -0.05) is 65.4 Å². The van der Waals surface area contributed by atoms with Gasteiger partial charge in [-0.15, -0.1) is 11.3 Å². The standard InChI is InChI=1S/C28H23FN2OS.CO2/c1-19-3-7-21(8-4-19)9-13-23-14-10-22(17-25(23)29)15-16-30-27(32)26-18-33-28(31-26)24-11-5-20(2)6-12-24;2-1-3/h3-8,10-12,14,17-18H,15-16H2,1-2H3,(H,30,32);. The van der Waals surface area contributed by atoms with Gasteiger partial charge in [-0.25, -0.2) is 9.37 Å². The third-order valence-electron chi connectivity index (χ3n) is 5.16. The van der Waals surface area contributed by atoms with E-state index in [4.69, 9.17) is 9.59 Å². The van der Waals surface area contributed by atoms with Gasteiger partial charge in [-0.3, -0.25) is 4.79 Å². The summed E-state index contributed by atoms with van der Waals surface area (Å²) in [6, 6.07) is 20.8. The molecule has 0 aliphatic carbocycles. The number of aryl methyl sites for hydroxylation is 2. The number of carbonyl (C=O) groups excluding carboxylic acids is 3. The molecule has 0 spiro atoms. The summed E-state index contributed by atoms with van der Waals surface area (Å²) in [5.41, 5.74) is 5.72. The van der Waals surface area contributed by atoms with E-state index in [1.807, 2.05) is 68.4 Å². The summed E-state index contributed by atoms with van der Waals surface area (Å²) in [5, 5.41) is 5.43. The summed E-state index contributed by atoms with van der Waals surface area (Å²) in [5.74, 6) is 5.29. The largest absolute Gasteiger partial charge is 0.373 e. The average Bonchev–Trinajstić information content (AvgIpc) is 3.36. The summed E-state index contributed by atoms with van der Waals surface area (Å²) in [6.07, 6.45) is 0.767. The van der Waals surface area contributed by atoms with Crippen LogP contribution < -0.4 is 5.32 Å². The lowest BCUT2D eigenvalue weighted by atomic mass is 10.1. The fourth-order valence-electron chi connectivity index (χ4n) is 3.21. The second-order valence-corrected chi connectivity index (χ2v) is 8.78. The number of rotatable bonds is 5. The van der Waals surface area contributed by atoms with E-state index in [0.717, 1.165) is 27.3 Å². The van der Waals surface area contributed by atoms with Gasteiger partial charge in [0.15, 0.2) is 0 Å². The normalized spacial score (nSPS) is 9.75. The lowest BCUT2D eigenvalue weighted by Crippen LogP contribution is -2.26. The molecule has 180 valence electrons. The number of benzene rings is 3. The van der Waals surface area contributed by atoms with Crippen molar-refractivity contribution < 1.29 is 18.8 Å². The van der Waals surface area contributed by atoms with Gasteiger partial charge in [0.25, 0.3) is 5.91 Å². The Morgan fingerprint density at radius 2 is 1.58 bits per heavy atom. The Bertz CT molecular complexity index is 1430. The summed E-state index contributed by atoms with van der Waals surface area (Å²) < 4.78 is 14.5. The molecule has 5 nitrogen and oxygen atoms in total. The highest BCUT2D eigenvalue weighted by Gasteiger charge is 2.11. The molecule has 3 aromatic carbocycles. The first kappa shape index (κ1) is 26.2. The molecule has 1 N–H and O–H groups in total. The van der Waals surface area contributed by atoms with Gasteiger partial charge in [0.05, 0.1) is 5.56 Å². The molecule has 0 bridgehead atoms. The van der Waals surface area contributed by atoms with Gasteiger partial charge in [0.2, 0.25) is 0 Å². The van der Waals surface area contributed by atoms with E-state index in [1.54, 1.807) is 11.4 Å². The van der Waals surface area contributed by atoms with Crippen molar-refractivity contribution in [3.8, 4) is 22.4 Å². The van der Waals surface area contributed by atoms with Crippen LogP contribution in [0.2, 0.25) is 0 Å². The smallest absolute Gasteiger partial charge is 0.350 e. The third kappa shape index (κ3) is 7.57. The molecule has 1 heterocycles. The monoisotopic (exact) mass is 498 g/mol. The fraction of sp³-hybridized carbons (Fsp3) is 0.138. The molecule has 0 saturated heterocycles. The second kappa shape index (κ2) is 12.9. The molecule has 0 saturated carbocycles. The van der Waals surface area contributed by atoms with Crippen molar-refractivity contribution in [3.63, 3.8) is 0 Å². The predicted octanol–water partition coefficient (Wildman–Crippen LogP) is 5.35. The first-order valence-corrected chi connectivity index (χ1v) is 11.9. The number of hydrogen-bond donors (Lipinski definition) is 1. The van der Waals surface area contributed by atoms with Crippen LogP contribution in [0.4, 0.5) is 4.39 Å². The van der Waals surface area contributed by atoms with Crippen molar-refractivity contribution in [3.05, 3.63) is 111 Å². The zero-order valence-electron chi connectivity index (χ0n) is 19.8. The molecule has 0 radical (unpaired) electrons. The highest BCUT2D eigenvalue weighted by Crippen LogP contribution is 2.24. The van der Waals surface area contributed by atoms with Crippen LogP contribution in [0, 0.1) is 31.5 Å². The van der Waals surface area contributed by atoms with E-state index < -0.39 is 0 Å². The number of nitrogens with zero attached hydrogens (tertiary/aromatic N) is 1. The van der Waals surface area contributed by atoms with Crippen molar-refractivity contribution in [2.45, 2.75) is 20.3 Å². The van der Waals surface area contributed by atoms with Crippen LogP contribution in [0.3, 0.4) is 0 Å². The van der Waals surface area contributed by atoms with Gasteiger partial charge < -0.3 is 5.32 Å². The molecule has 0 aliphatic heterocycles. The lowest BCUT2D eigenvalue weighted by molar-refractivity contribution is -0.191. The molecular formula is C29H23FN2O3S. The molecule has 0 unspecified atom stereocenters. The summed E-state index contributed by atoms with van der Waals surface area (Å²) in [7, 11) is 0. The van der Waals surface area contributed by atoms with Gasteiger partial charge in [-0.2, -0.15) is 9.59 Å². The Labute approximate surface area is 213 Å². The second-order valence-electron chi connectivity index (χ2n) is 7.92. The Kier molecular flexibility index (Phi) is 9.41. The van der Waals surface area contributed by atoms with Crippen LogP contribution in [0.5, 0.6) is 0 Å². The van der Waals surface area contributed by atoms with E-state index in [-0.39, 0.29) is 17.9 Å². The molecule has 0 atom stereocenters. The van der Waals surface area contributed by atoms with Crippen LogP contribution in [0.1, 0.15) is 38.3 Å². The number of halogens is 1. The van der Waals surface area contributed by atoms with E-state index in [0.29, 0.717) is 24.2 Å². The highest BCUT2D eigenvalue weighted by molar-refractivity contribution is 7.13. The molecule has 36 heavy (non-hydrogen) atoms. The average molecular weight is 499 g/mol. The summed E-state index contributed by atoms with van der Waals surface area (Å²) >= 11 is 1.44. The Morgan fingerprint density at radius 3 is 2.22 bits per heavy atom. The first-order chi connectivity index (χ1) is 17.4. The summed E-state index contributed by atoms with van der Waals surface area (Å²) in [4.78, 5) is 33.1. The van der Waals surface area contributed by atoms with E-state index in [1.165, 1.54) is 23.0 Å². The minimum atomic E-state index is -0.360. The number of hydrogen-bond acceptors (Lipinski definition) is 5. The van der Waals surface area contributed by atoms with Crippen molar-refractivity contribution in [1.82, 2.24) is 10.3 Å². The van der Waals surface area contributed by atoms with E-state index in [9.17, 15) is 9.18 Å². The maximum absolute atomic E-state index is 14.5. The maximum atomic E-state index is 14.5. The third-order valence-corrected chi connectivity index (χ3v) is 6.05. The Balaban J connectivity index is 0.00000115. The quantitative estimate of drug-likeness (QED) is 0.376. The van der Waals surface area contributed by atoms with Gasteiger partial charge in [-0.05, 0) is 50.1 Å². The molecule has 0 aliphatic rings. The number of carbonyl (C=O) groups is 1. The molecule has 4 rings (SSSR count). The number of amides is 1. The molecule has 1 aromatic heterocycles. The number of aromatic nitrogens is 1. The Morgan fingerprint density at radius 1 is 0.944 bits per heavy atom. The molecular weight excluding hydrogens is 475 g/mol. The molecule has 7 heteroatoms. The summed E-state index contributed by atoms with van der Waals surface area (Å²) in [6.45, 7) is 4.43. The van der Waals surface area contributed by atoms with Crippen molar-refractivity contribution >= 4 is 23.4 Å². The zero-order valence-corrected chi connectivity index (χ0v) is 20.6. The minimum absolute atomic E-state index is 0.231. The van der Waals surface area contributed by atoms with Crippen LogP contribution in [0.15, 0.2) is 72.1 Å². The van der Waals surface area contributed by atoms with Crippen molar-refractivity contribution in [1.29, 1.82) is 0 Å². The SMILES string of the molecule is Cc1ccc(C#Cc2ccc(CCNC(=O)c3csc(-c4ccc(C)cc4)n3)cc2F)cc1.O=C=O. The van der Waals surface area contributed by atoms with Crippen LogP contribution in [0.25, 0.3) is 10.6 Å². The van der Waals surface area contributed by atoms with E-state index >= 15 is 0 Å². The van der Waals surface area contributed by atoms with Gasteiger partial charge in [0.1, 0.15) is 16.5 Å². The first-order valence-electron chi connectivity index (χ1n) is 11.1. The van der Waals surface area contributed by atoms with Crippen LogP contribution in [-0.2, 0) is 16.0 Å². The van der Waals surface area contributed by atoms with Crippen LogP contribution >= 0.6 is 11.3 Å². The van der Waals surface area contributed by atoms with Gasteiger partial charge >= 0.3 is 6.15 Å². The van der Waals surface area contributed by atoms with E-state index in [2.05, 4.69) is 22.1 Å². The minimum Gasteiger partial charge on any atom is -0.350 e. The number of thiazole rings is 1. The van der Waals surface area contributed by atoms with Gasteiger partial charge in [0, 0.05) is 23.1 Å². The predicted molar refractivity (Wildman–Crippen MR) is 137 cm³/mol. The Hall–Kier alpha value is -4.37. The fourth-order valence-corrected chi connectivity index (χ4v) is 4.02. The lowest BCUT2D eigenvalue weighted by Gasteiger charge is -2.05. The highest BCUT2D eigenvalue weighted by atomic mass is 32.1. The van der Waals surface area contributed by atoms with Crippen molar-refractivity contribution in [2.75, 3.05) is 6.54 Å². The van der Waals surface area contributed by atoms with Crippen molar-refractivity contribution in [2.24, 2.45) is 0 Å². The molecule has 4 aromatic rings. The van der Waals surface area contributed by atoms with Crippen LogP contribution in [-0.4, -0.2) is 23.6 Å². The zero-order chi connectivity index (χ0) is 25.9. The maximum Gasteiger partial charge on any atom is 0.373 e. The number of nitrogens with one attached hydrogen (secondary N) is 1. The molecule has 0 fully saturated rings. The molecule has 1 amide bonds. The topological polar surface area (TPSA) is 76.1 Å².